The van der Waals surface area contributed by atoms with Crippen LogP contribution in [0.3, 0.4) is 0 Å². The number of hydrogen-bond acceptors (Lipinski definition) is 4. The molecule has 4 nitrogen and oxygen atoms in total. The molecule has 0 unspecified atom stereocenters. The van der Waals surface area contributed by atoms with Gasteiger partial charge in [0.1, 0.15) is 30.2 Å². The molecule has 7 heteroatoms. The predicted molar refractivity (Wildman–Crippen MR) is 97.2 cm³/mol. The summed E-state index contributed by atoms with van der Waals surface area (Å²) in [6.45, 7) is 2.69. The summed E-state index contributed by atoms with van der Waals surface area (Å²) in [4.78, 5) is 14.7. The molecule has 0 radical (unpaired) electrons. The molecule has 0 N–H and O–H groups in total. The number of rotatable bonds is 6. The fourth-order valence-electron chi connectivity index (χ4n) is 2.64. The molecule has 0 atom stereocenters. The molecular formula is C21H16F3NO3. The number of aldehydes is 1. The molecule has 1 heterocycles. The number of nitrogens with zero attached hydrogens (tertiary/aromatic N) is 1. The Hall–Kier alpha value is -3.35. The van der Waals surface area contributed by atoms with Gasteiger partial charge in [-0.15, -0.1) is 0 Å². The van der Waals surface area contributed by atoms with Crippen LogP contribution in [0.5, 0.6) is 5.75 Å². The Labute approximate surface area is 159 Å². The first-order valence-corrected chi connectivity index (χ1v) is 8.37. The molecule has 0 aliphatic rings. The second-order valence-electron chi connectivity index (χ2n) is 5.98. The Bertz CT molecular complexity index is 1010. The Balaban J connectivity index is 1.89. The maximum absolute atomic E-state index is 14.4. The number of benzene rings is 2. The van der Waals surface area contributed by atoms with Crippen LogP contribution in [0.15, 0.2) is 40.8 Å². The maximum Gasteiger partial charge on any atom is 0.226 e. The lowest BCUT2D eigenvalue weighted by atomic mass is 10.1. The van der Waals surface area contributed by atoms with Gasteiger partial charge in [-0.1, -0.05) is 18.2 Å². The molecule has 0 amide bonds. The van der Waals surface area contributed by atoms with E-state index in [0.29, 0.717) is 23.6 Å². The fourth-order valence-corrected chi connectivity index (χ4v) is 2.64. The number of hydrogen-bond donors (Lipinski definition) is 0. The molecular weight excluding hydrogens is 371 g/mol. The van der Waals surface area contributed by atoms with Crippen LogP contribution in [0.2, 0.25) is 0 Å². The van der Waals surface area contributed by atoms with Gasteiger partial charge in [0.2, 0.25) is 11.7 Å². The average Bonchev–Trinajstić information content (AvgIpc) is 3.08. The van der Waals surface area contributed by atoms with E-state index in [1.165, 1.54) is 6.92 Å². The van der Waals surface area contributed by atoms with Gasteiger partial charge in [0, 0.05) is 16.7 Å². The molecule has 28 heavy (non-hydrogen) atoms. The first-order valence-electron chi connectivity index (χ1n) is 8.37. The first-order chi connectivity index (χ1) is 13.4. The summed E-state index contributed by atoms with van der Waals surface area (Å²) in [5, 5.41) is 0. The molecule has 0 bridgehead atoms. The van der Waals surface area contributed by atoms with Gasteiger partial charge in [-0.3, -0.25) is 4.79 Å². The summed E-state index contributed by atoms with van der Waals surface area (Å²) in [6.07, 6.45) is 2.09. The van der Waals surface area contributed by atoms with Gasteiger partial charge in [0.15, 0.2) is 11.6 Å². The van der Waals surface area contributed by atoms with E-state index in [1.807, 2.05) is 30.3 Å². The highest BCUT2D eigenvalue weighted by molar-refractivity contribution is 5.74. The number of carbonyl (C=O) groups excluding carboxylic acids is 1. The van der Waals surface area contributed by atoms with Crippen molar-refractivity contribution in [3.05, 3.63) is 76.4 Å². The van der Waals surface area contributed by atoms with Crippen molar-refractivity contribution in [1.82, 2.24) is 4.98 Å². The van der Waals surface area contributed by atoms with Crippen molar-refractivity contribution < 1.29 is 27.1 Å². The number of carbonyl (C=O) groups is 1. The summed E-state index contributed by atoms with van der Waals surface area (Å²) in [5.41, 5.74) is 0.276. The van der Waals surface area contributed by atoms with Gasteiger partial charge in [-0.25, -0.2) is 13.8 Å². The summed E-state index contributed by atoms with van der Waals surface area (Å²) in [6, 6.07) is 9.14. The smallest absolute Gasteiger partial charge is 0.226 e. The summed E-state index contributed by atoms with van der Waals surface area (Å²) in [5.74, 6) is -3.52. The molecule has 0 spiro atoms. The van der Waals surface area contributed by atoms with E-state index >= 15 is 0 Å². The maximum atomic E-state index is 14.4. The van der Waals surface area contributed by atoms with Crippen molar-refractivity contribution in [3.63, 3.8) is 0 Å². The monoisotopic (exact) mass is 387 g/mol. The van der Waals surface area contributed by atoms with Gasteiger partial charge in [0.25, 0.3) is 0 Å². The minimum absolute atomic E-state index is 0.214. The molecule has 0 fully saturated rings. The lowest BCUT2D eigenvalue weighted by molar-refractivity contribution is -0.104. The quantitative estimate of drug-likeness (QED) is 0.333. The molecule has 3 aromatic rings. The molecule has 0 saturated heterocycles. The van der Waals surface area contributed by atoms with Crippen LogP contribution in [0.4, 0.5) is 13.2 Å². The first kappa shape index (κ1) is 19.4. The van der Waals surface area contributed by atoms with Crippen LogP contribution >= 0.6 is 0 Å². The second kappa shape index (κ2) is 8.12. The van der Waals surface area contributed by atoms with E-state index in [1.54, 1.807) is 6.92 Å². The van der Waals surface area contributed by atoms with Crippen LogP contribution in [0, 0.1) is 31.3 Å². The highest BCUT2D eigenvalue weighted by Crippen LogP contribution is 2.32. The van der Waals surface area contributed by atoms with E-state index in [4.69, 9.17) is 9.15 Å². The van der Waals surface area contributed by atoms with Gasteiger partial charge >= 0.3 is 0 Å². The third-order valence-corrected chi connectivity index (χ3v) is 4.14. The third-order valence-electron chi connectivity index (χ3n) is 4.14. The topological polar surface area (TPSA) is 52.3 Å². The Morgan fingerprint density at radius 1 is 1.07 bits per heavy atom. The highest BCUT2D eigenvalue weighted by Gasteiger charge is 2.23. The fraction of sp³-hybridized carbons (Fsp3) is 0.143. The van der Waals surface area contributed by atoms with Crippen molar-refractivity contribution in [2.24, 2.45) is 0 Å². The Kier molecular flexibility index (Phi) is 5.63. The molecule has 0 saturated carbocycles. The molecule has 0 aliphatic carbocycles. The van der Waals surface area contributed by atoms with Crippen molar-refractivity contribution in [2.75, 3.05) is 0 Å². The molecule has 0 aliphatic heterocycles. The molecule has 3 rings (SSSR count). The minimum Gasteiger partial charge on any atom is -0.484 e. The summed E-state index contributed by atoms with van der Waals surface area (Å²) >= 11 is 0. The third kappa shape index (κ3) is 3.69. The minimum atomic E-state index is -1.43. The number of allylic oxidation sites excluding steroid dienone is 1. The highest BCUT2D eigenvalue weighted by atomic mass is 19.2. The van der Waals surface area contributed by atoms with Gasteiger partial charge in [-0.2, -0.15) is 4.39 Å². The second-order valence-corrected chi connectivity index (χ2v) is 5.98. The van der Waals surface area contributed by atoms with Crippen molar-refractivity contribution >= 4 is 12.4 Å². The van der Waals surface area contributed by atoms with Crippen molar-refractivity contribution in [3.8, 4) is 17.2 Å². The van der Waals surface area contributed by atoms with Crippen molar-refractivity contribution in [1.29, 1.82) is 0 Å². The standard InChI is InChI=1S/C21H16F3NO3/c1-12-17(22)15(9-6-10-26)18(23)19(24)20(12)27-11-16-13(2)28-21(25-16)14-7-4-3-5-8-14/h3-10H,11H2,1-2H3. The van der Waals surface area contributed by atoms with E-state index < -0.39 is 28.8 Å². The summed E-state index contributed by atoms with van der Waals surface area (Å²) in [7, 11) is 0. The van der Waals surface area contributed by atoms with Crippen molar-refractivity contribution in [2.45, 2.75) is 20.5 Å². The zero-order valence-electron chi connectivity index (χ0n) is 15.1. The normalized spacial score (nSPS) is 11.2. The summed E-state index contributed by atoms with van der Waals surface area (Å²) < 4.78 is 53.8. The van der Waals surface area contributed by atoms with Gasteiger partial charge in [0.05, 0.1) is 0 Å². The lowest BCUT2D eigenvalue weighted by Crippen LogP contribution is -2.06. The predicted octanol–water partition coefficient (Wildman–Crippen LogP) is 5.17. The van der Waals surface area contributed by atoms with Crippen LogP contribution in [0.1, 0.15) is 22.6 Å². The zero-order chi connectivity index (χ0) is 20.3. The van der Waals surface area contributed by atoms with Gasteiger partial charge < -0.3 is 9.15 Å². The van der Waals surface area contributed by atoms with E-state index in [2.05, 4.69) is 4.98 Å². The molecule has 144 valence electrons. The van der Waals surface area contributed by atoms with Crippen LogP contribution in [0.25, 0.3) is 17.5 Å². The number of ether oxygens (including phenoxy) is 1. The largest absolute Gasteiger partial charge is 0.484 e. The number of aromatic nitrogens is 1. The molecule has 1 aromatic heterocycles. The number of halogens is 3. The SMILES string of the molecule is Cc1oc(-c2ccccc2)nc1COc1c(C)c(F)c(C=CC=O)c(F)c1F. The van der Waals surface area contributed by atoms with Crippen LogP contribution in [-0.4, -0.2) is 11.3 Å². The van der Waals surface area contributed by atoms with Gasteiger partial charge in [-0.05, 0) is 38.1 Å². The Morgan fingerprint density at radius 3 is 2.46 bits per heavy atom. The lowest BCUT2D eigenvalue weighted by Gasteiger charge is -2.13. The number of oxazole rings is 1. The van der Waals surface area contributed by atoms with Crippen LogP contribution in [-0.2, 0) is 11.4 Å². The van der Waals surface area contributed by atoms with E-state index in [-0.39, 0.29) is 12.2 Å². The number of aryl methyl sites for hydroxylation is 1. The molecule has 2 aromatic carbocycles. The zero-order valence-corrected chi connectivity index (χ0v) is 15.1. The average molecular weight is 387 g/mol. The van der Waals surface area contributed by atoms with E-state index in [9.17, 15) is 18.0 Å². The van der Waals surface area contributed by atoms with E-state index in [0.717, 1.165) is 17.7 Å². The van der Waals surface area contributed by atoms with Crippen LogP contribution < -0.4 is 4.74 Å². The Morgan fingerprint density at radius 2 is 1.79 bits per heavy atom.